The van der Waals surface area contributed by atoms with Crippen molar-refractivity contribution in [2.24, 2.45) is 5.41 Å². The van der Waals surface area contributed by atoms with Crippen molar-refractivity contribution in [3.63, 3.8) is 0 Å². The monoisotopic (exact) mass is 182 g/mol. The highest BCUT2D eigenvalue weighted by Gasteiger charge is 2.35. The van der Waals surface area contributed by atoms with E-state index < -0.39 is 0 Å². The molecule has 0 amide bonds. The van der Waals surface area contributed by atoms with Crippen LogP contribution in [-0.4, -0.2) is 20.3 Å². The molecule has 0 aromatic heterocycles. The third kappa shape index (κ3) is 2.85. The minimum Gasteiger partial charge on any atom is -0.410 e. The van der Waals surface area contributed by atoms with Gasteiger partial charge in [0, 0.05) is 24.4 Å². The van der Waals surface area contributed by atoms with Crippen LogP contribution in [0.1, 0.15) is 27.2 Å². The number of hydrogen-bond donors (Lipinski definition) is 0. The zero-order valence-corrected chi connectivity index (χ0v) is 8.88. The van der Waals surface area contributed by atoms with E-state index in [1.807, 2.05) is 6.08 Å². The fourth-order valence-corrected chi connectivity index (χ4v) is 1.42. The van der Waals surface area contributed by atoms with E-state index >= 15 is 0 Å². The summed E-state index contributed by atoms with van der Waals surface area (Å²) < 4.78 is 11.3. The summed E-state index contributed by atoms with van der Waals surface area (Å²) in [7, 11) is -0.0736. The predicted octanol–water partition coefficient (Wildman–Crippen LogP) is 2.51. The molecule has 1 heterocycles. The summed E-state index contributed by atoms with van der Waals surface area (Å²) >= 11 is 0. The van der Waals surface area contributed by atoms with E-state index in [4.69, 9.17) is 9.31 Å². The molecular weight excluding hydrogens is 163 g/mol. The lowest BCUT2D eigenvalue weighted by molar-refractivity contribution is 0.0255. The Balaban J connectivity index is 2.44. The molecule has 1 fully saturated rings. The van der Waals surface area contributed by atoms with Crippen LogP contribution in [0.4, 0.5) is 0 Å². The first kappa shape index (κ1) is 10.8. The van der Waals surface area contributed by atoms with Gasteiger partial charge < -0.3 is 9.31 Å². The van der Waals surface area contributed by atoms with Crippen LogP contribution in [0, 0.1) is 5.41 Å². The molecule has 0 aromatic rings. The Morgan fingerprint density at radius 1 is 1.46 bits per heavy atom. The fraction of sp³-hybridized carbons (Fsp3) is 0.800. The maximum Gasteiger partial charge on any atom is 0.464 e. The lowest BCUT2D eigenvalue weighted by Gasteiger charge is -2.35. The molecule has 0 bridgehead atoms. The van der Waals surface area contributed by atoms with Crippen LogP contribution >= 0.6 is 0 Å². The van der Waals surface area contributed by atoms with Crippen LogP contribution < -0.4 is 0 Å². The highest BCUT2D eigenvalue weighted by molar-refractivity contribution is 6.47. The molecule has 74 valence electrons. The van der Waals surface area contributed by atoms with E-state index in [2.05, 4.69) is 27.4 Å². The van der Waals surface area contributed by atoms with Crippen LogP contribution in [0.2, 0.25) is 5.82 Å². The summed E-state index contributed by atoms with van der Waals surface area (Å²) in [5.74, 6) is 0.330. The molecule has 0 aliphatic carbocycles. The van der Waals surface area contributed by atoms with Gasteiger partial charge in [0.05, 0.1) is 0 Å². The molecule has 1 saturated heterocycles. The maximum atomic E-state index is 5.64. The first-order valence-corrected chi connectivity index (χ1v) is 4.95. The number of allylic oxidation sites excluding steroid dienone is 1. The summed E-state index contributed by atoms with van der Waals surface area (Å²) in [4.78, 5) is 0. The number of rotatable bonds is 3. The Hall–Kier alpha value is -0.275. The van der Waals surface area contributed by atoms with E-state index in [0.717, 1.165) is 19.6 Å². The average Bonchev–Trinajstić information content (AvgIpc) is 2.09. The van der Waals surface area contributed by atoms with Crippen molar-refractivity contribution < 1.29 is 9.31 Å². The van der Waals surface area contributed by atoms with Crippen molar-refractivity contribution in [2.75, 3.05) is 13.2 Å². The molecule has 0 saturated carbocycles. The molecule has 0 spiro atoms. The van der Waals surface area contributed by atoms with Crippen molar-refractivity contribution in [1.29, 1.82) is 0 Å². The van der Waals surface area contributed by atoms with E-state index in [-0.39, 0.29) is 12.5 Å². The second-order valence-electron chi connectivity index (χ2n) is 4.46. The van der Waals surface area contributed by atoms with Gasteiger partial charge in [0.2, 0.25) is 0 Å². The molecule has 0 radical (unpaired) electrons. The van der Waals surface area contributed by atoms with E-state index in [1.165, 1.54) is 0 Å². The lowest BCUT2D eigenvalue weighted by atomic mass is 9.68. The van der Waals surface area contributed by atoms with Crippen molar-refractivity contribution in [3.05, 3.63) is 12.7 Å². The van der Waals surface area contributed by atoms with Gasteiger partial charge in [0.25, 0.3) is 0 Å². The highest BCUT2D eigenvalue weighted by Crippen LogP contribution is 2.27. The highest BCUT2D eigenvalue weighted by atomic mass is 16.6. The fourth-order valence-electron chi connectivity index (χ4n) is 1.42. The molecule has 0 aromatic carbocycles. The van der Waals surface area contributed by atoms with Gasteiger partial charge in [0.15, 0.2) is 0 Å². The van der Waals surface area contributed by atoms with Gasteiger partial charge in [0.1, 0.15) is 0 Å². The second-order valence-corrected chi connectivity index (χ2v) is 4.46. The Kier molecular flexibility index (Phi) is 3.57. The maximum absolute atomic E-state index is 5.64. The van der Waals surface area contributed by atoms with Crippen LogP contribution in [0.3, 0.4) is 0 Å². The van der Waals surface area contributed by atoms with Crippen molar-refractivity contribution in [2.45, 2.75) is 33.0 Å². The van der Waals surface area contributed by atoms with E-state index in [1.54, 1.807) is 0 Å². The van der Waals surface area contributed by atoms with Crippen LogP contribution in [0.15, 0.2) is 12.7 Å². The second kappa shape index (κ2) is 4.29. The van der Waals surface area contributed by atoms with Crippen molar-refractivity contribution >= 4 is 7.12 Å². The quantitative estimate of drug-likeness (QED) is 0.493. The number of hydrogen-bond acceptors (Lipinski definition) is 2. The van der Waals surface area contributed by atoms with Gasteiger partial charge in [-0.2, -0.15) is 0 Å². The van der Waals surface area contributed by atoms with Crippen LogP contribution in [-0.2, 0) is 9.31 Å². The molecule has 3 heteroatoms. The molecule has 2 nitrogen and oxygen atoms in total. The first-order chi connectivity index (χ1) is 6.09. The summed E-state index contributed by atoms with van der Waals surface area (Å²) in [5.41, 5.74) is 0.163. The topological polar surface area (TPSA) is 18.5 Å². The van der Waals surface area contributed by atoms with Crippen LogP contribution in [0.5, 0.6) is 0 Å². The Morgan fingerprint density at radius 3 is 2.38 bits per heavy atom. The van der Waals surface area contributed by atoms with E-state index in [9.17, 15) is 0 Å². The molecule has 13 heavy (non-hydrogen) atoms. The lowest BCUT2D eigenvalue weighted by Crippen LogP contribution is -2.42. The van der Waals surface area contributed by atoms with Gasteiger partial charge in [-0.05, 0) is 0 Å². The SMILES string of the molecule is C=CC(CC)B1OCC(C)(C)CO1. The summed E-state index contributed by atoms with van der Waals surface area (Å²) in [6.07, 6.45) is 2.94. The molecule has 1 unspecified atom stereocenters. The first-order valence-electron chi connectivity index (χ1n) is 4.95. The van der Waals surface area contributed by atoms with Gasteiger partial charge in [-0.25, -0.2) is 0 Å². The van der Waals surface area contributed by atoms with Gasteiger partial charge in [-0.1, -0.05) is 33.3 Å². The standard InChI is InChI=1S/C10H19BO2/c1-5-9(6-2)11-12-7-10(3,4)8-13-11/h5,9H,1,6-8H2,2-4H3. The van der Waals surface area contributed by atoms with E-state index in [0.29, 0.717) is 5.82 Å². The zero-order chi connectivity index (χ0) is 9.90. The third-order valence-electron chi connectivity index (χ3n) is 2.40. The predicted molar refractivity (Wildman–Crippen MR) is 55.7 cm³/mol. The molecule has 1 aliphatic rings. The minimum absolute atomic E-state index is 0.0736. The zero-order valence-electron chi connectivity index (χ0n) is 8.88. The molecule has 1 atom stereocenters. The smallest absolute Gasteiger partial charge is 0.410 e. The summed E-state index contributed by atoms with van der Waals surface area (Å²) in [6, 6.07) is 0. The van der Waals surface area contributed by atoms with Gasteiger partial charge >= 0.3 is 7.12 Å². The molecule has 0 N–H and O–H groups in total. The van der Waals surface area contributed by atoms with Gasteiger partial charge in [-0.3, -0.25) is 0 Å². The third-order valence-corrected chi connectivity index (χ3v) is 2.40. The van der Waals surface area contributed by atoms with Crippen molar-refractivity contribution in [1.82, 2.24) is 0 Å². The van der Waals surface area contributed by atoms with Crippen molar-refractivity contribution in [3.8, 4) is 0 Å². The normalized spacial score (nSPS) is 24.1. The minimum atomic E-state index is -0.0736. The Bertz CT molecular complexity index is 170. The van der Waals surface area contributed by atoms with Crippen LogP contribution in [0.25, 0.3) is 0 Å². The molecule has 1 aliphatic heterocycles. The summed E-state index contributed by atoms with van der Waals surface area (Å²) in [5, 5.41) is 0. The van der Waals surface area contributed by atoms with Gasteiger partial charge in [-0.15, -0.1) is 6.58 Å². The molecule has 1 rings (SSSR count). The molecular formula is C10H19BO2. The Morgan fingerprint density at radius 2 is 2.00 bits per heavy atom. The Labute approximate surface area is 81.4 Å². The average molecular weight is 182 g/mol. The largest absolute Gasteiger partial charge is 0.464 e. The summed E-state index contributed by atoms with van der Waals surface area (Å²) in [6.45, 7) is 11.8.